The normalized spacial score (nSPS) is 15.6. The molecule has 0 spiro atoms. The smallest absolute Gasteiger partial charge is 0.273 e. The van der Waals surface area contributed by atoms with E-state index in [2.05, 4.69) is 15.6 Å². The number of carbonyl (C=O) groups excluding carboxylic acids is 1. The van der Waals surface area contributed by atoms with Crippen LogP contribution >= 0.6 is 11.6 Å². The van der Waals surface area contributed by atoms with Crippen LogP contribution in [0.15, 0.2) is 47.5 Å². The Labute approximate surface area is 196 Å². The van der Waals surface area contributed by atoms with E-state index >= 15 is 0 Å². The summed E-state index contributed by atoms with van der Waals surface area (Å²) in [5.41, 5.74) is 7.92. The van der Waals surface area contributed by atoms with Gasteiger partial charge < -0.3 is 16.4 Å². The van der Waals surface area contributed by atoms with E-state index in [1.54, 1.807) is 19.1 Å². The molecule has 4 rings (SSSR count). The molecule has 1 atom stereocenters. The van der Waals surface area contributed by atoms with E-state index in [1.807, 2.05) is 24.3 Å². The van der Waals surface area contributed by atoms with Gasteiger partial charge in [-0.05, 0) is 61.7 Å². The number of nitriles is 1. The summed E-state index contributed by atoms with van der Waals surface area (Å²) in [5.74, 6) is -0.836. The quantitative estimate of drug-likeness (QED) is 0.542. The number of amides is 1. The van der Waals surface area contributed by atoms with E-state index in [0.717, 1.165) is 31.4 Å². The van der Waals surface area contributed by atoms with Crippen LogP contribution in [0.25, 0.3) is 5.69 Å². The van der Waals surface area contributed by atoms with Crippen LogP contribution in [0.4, 0.5) is 11.5 Å². The molecule has 2 aromatic carbocycles. The number of nitrogens with two attached hydrogens (primary N) is 1. The van der Waals surface area contributed by atoms with Crippen molar-refractivity contribution in [3.05, 3.63) is 80.4 Å². The van der Waals surface area contributed by atoms with Gasteiger partial charge >= 0.3 is 0 Å². The molecule has 0 bridgehead atoms. The number of halogens is 1. The maximum atomic E-state index is 13.2. The number of benzene rings is 2. The Bertz CT molecular complexity index is 1300. The highest BCUT2D eigenvalue weighted by molar-refractivity contribution is 6.32. The highest BCUT2D eigenvalue weighted by Gasteiger charge is 2.21. The van der Waals surface area contributed by atoms with E-state index in [4.69, 9.17) is 22.6 Å². The summed E-state index contributed by atoms with van der Waals surface area (Å²) in [5, 5.41) is 15.6. The van der Waals surface area contributed by atoms with E-state index in [-0.39, 0.29) is 22.4 Å². The number of nitrogens with one attached hydrogen (secondary N) is 2. The molecule has 33 heavy (non-hydrogen) atoms. The van der Waals surface area contributed by atoms with Crippen molar-refractivity contribution in [2.45, 2.75) is 32.2 Å². The number of anilines is 2. The second kappa shape index (κ2) is 9.45. The second-order valence-corrected chi connectivity index (χ2v) is 8.40. The third-order valence-corrected chi connectivity index (χ3v) is 6.00. The summed E-state index contributed by atoms with van der Waals surface area (Å²) in [4.78, 5) is 30.3. The van der Waals surface area contributed by atoms with E-state index < -0.39 is 11.5 Å². The standard InChI is InChI=1S/C24H23ClN6O2/c1-14-9-15(12-26)10-18(25)21(14)31-13-29-22(27)20(24(31)33)23(32)30-17-6-4-5-16(11-17)19-7-2-3-8-28-19/h4-6,9-11,13,19,28H,2-3,7-8,27H2,1H3,(H,30,32)/t19-/m1/s1. The lowest BCUT2D eigenvalue weighted by Gasteiger charge is -2.24. The number of rotatable bonds is 4. The minimum atomic E-state index is -0.657. The van der Waals surface area contributed by atoms with Crippen molar-refractivity contribution in [2.24, 2.45) is 0 Å². The zero-order chi connectivity index (χ0) is 23.5. The summed E-state index contributed by atoms with van der Waals surface area (Å²) in [7, 11) is 0. The Morgan fingerprint density at radius 2 is 2.15 bits per heavy atom. The Balaban J connectivity index is 1.68. The first-order valence-electron chi connectivity index (χ1n) is 10.6. The van der Waals surface area contributed by atoms with Gasteiger partial charge in [0.25, 0.3) is 11.5 Å². The molecule has 1 saturated heterocycles. The number of hydrogen-bond acceptors (Lipinski definition) is 6. The molecule has 1 fully saturated rings. The van der Waals surface area contributed by atoms with Gasteiger partial charge in [-0.2, -0.15) is 5.26 Å². The molecule has 1 aliphatic rings. The maximum absolute atomic E-state index is 13.2. The molecule has 0 aliphatic carbocycles. The topological polar surface area (TPSA) is 126 Å². The number of hydrogen-bond donors (Lipinski definition) is 3. The summed E-state index contributed by atoms with van der Waals surface area (Å²) in [6.07, 6.45) is 4.56. The van der Waals surface area contributed by atoms with Crippen LogP contribution < -0.4 is 21.9 Å². The van der Waals surface area contributed by atoms with Crippen LogP contribution in [0.3, 0.4) is 0 Å². The minimum absolute atomic E-state index is 0.179. The molecular weight excluding hydrogens is 440 g/mol. The van der Waals surface area contributed by atoms with Crippen molar-refractivity contribution in [2.75, 3.05) is 17.6 Å². The largest absolute Gasteiger partial charge is 0.383 e. The van der Waals surface area contributed by atoms with Crippen molar-refractivity contribution in [1.29, 1.82) is 5.26 Å². The molecule has 2 heterocycles. The highest BCUT2D eigenvalue weighted by atomic mass is 35.5. The molecule has 168 valence electrons. The van der Waals surface area contributed by atoms with Crippen molar-refractivity contribution in [1.82, 2.24) is 14.9 Å². The number of aromatic nitrogens is 2. The minimum Gasteiger partial charge on any atom is -0.383 e. The number of piperidine rings is 1. The van der Waals surface area contributed by atoms with E-state index in [0.29, 0.717) is 22.5 Å². The van der Waals surface area contributed by atoms with Gasteiger partial charge in [0.05, 0.1) is 22.3 Å². The third-order valence-electron chi connectivity index (χ3n) is 5.71. The fourth-order valence-corrected chi connectivity index (χ4v) is 4.47. The van der Waals surface area contributed by atoms with Gasteiger partial charge in [-0.25, -0.2) is 4.98 Å². The zero-order valence-electron chi connectivity index (χ0n) is 18.1. The maximum Gasteiger partial charge on any atom is 0.273 e. The summed E-state index contributed by atoms with van der Waals surface area (Å²) in [6.45, 7) is 2.68. The fraction of sp³-hybridized carbons (Fsp3) is 0.250. The average molecular weight is 463 g/mol. The zero-order valence-corrected chi connectivity index (χ0v) is 18.8. The molecule has 3 aromatic rings. The van der Waals surface area contributed by atoms with Crippen molar-refractivity contribution < 1.29 is 4.79 Å². The molecule has 4 N–H and O–H groups in total. The van der Waals surface area contributed by atoms with Gasteiger partial charge in [-0.3, -0.25) is 14.2 Å². The fourth-order valence-electron chi connectivity index (χ4n) is 4.11. The Hall–Kier alpha value is -3.67. The number of nitrogens with zero attached hydrogens (tertiary/aromatic N) is 3. The molecule has 9 heteroatoms. The average Bonchev–Trinajstić information content (AvgIpc) is 2.80. The van der Waals surface area contributed by atoms with Crippen LogP contribution in [0.1, 0.15) is 52.4 Å². The summed E-state index contributed by atoms with van der Waals surface area (Å²) < 4.78 is 1.17. The van der Waals surface area contributed by atoms with Gasteiger partial charge in [0.15, 0.2) is 0 Å². The molecule has 1 aromatic heterocycles. The van der Waals surface area contributed by atoms with Gasteiger partial charge in [0.1, 0.15) is 17.7 Å². The lowest BCUT2D eigenvalue weighted by Crippen LogP contribution is -2.31. The molecule has 8 nitrogen and oxygen atoms in total. The van der Waals surface area contributed by atoms with Crippen LogP contribution in [0.5, 0.6) is 0 Å². The highest BCUT2D eigenvalue weighted by Crippen LogP contribution is 2.26. The monoisotopic (exact) mass is 462 g/mol. The molecule has 1 amide bonds. The first-order chi connectivity index (χ1) is 15.9. The molecule has 0 saturated carbocycles. The van der Waals surface area contributed by atoms with Gasteiger partial charge in [0, 0.05) is 11.7 Å². The van der Waals surface area contributed by atoms with Crippen LogP contribution in [-0.4, -0.2) is 22.0 Å². The molecule has 0 radical (unpaired) electrons. The Morgan fingerprint density at radius 3 is 2.85 bits per heavy atom. The lowest BCUT2D eigenvalue weighted by atomic mass is 9.97. The van der Waals surface area contributed by atoms with Gasteiger partial charge in [-0.1, -0.05) is 30.2 Å². The number of nitrogen functional groups attached to an aromatic ring is 1. The number of carbonyl (C=O) groups is 1. The first-order valence-corrected chi connectivity index (χ1v) is 11.0. The van der Waals surface area contributed by atoms with Gasteiger partial charge in [0.2, 0.25) is 0 Å². The molecule has 0 unspecified atom stereocenters. The van der Waals surface area contributed by atoms with Crippen LogP contribution in [-0.2, 0) is 0 Å². The van der Waals surface area contributed by atoms with Crippen LogP contribution in [0.2, 0.25) is 5.02 Å². The first kappa shape index (κ1) is 22.5. The molecule has 1 aliphatic heterocycles. The van der Waals surface area contributed by atoms with Crippen LogP contribution in [0, 0.1) is 18.3 Å². The van der Waals surface area contributed by atoms with Gasteiger partial charge in [-0.15, -0.1) is 0 Å². The molecular formula is C24H23ClN6O2. The predicted octanol–water partition coefficient (Wildman–Crippen LogP) is 3.72. The van der Waals surface area contributed by atoms with Crippen molar-refractivity contribution >= 4 is 29.0 Å². The Morgan fingerprint density at radius 1 is 1.33 bits per heavy atom. The van der Waals surface area contributed by atoms with Crippen molar-refractivity contribution in [3.8, 4) is 11.8 Å². The second-order valence-electron chi connectivity index (χ2n) is 8.00. The van der Waals surface area contributed by atoms with E-state index in [1.165, 1.54) is 17.0 Å². The summed E-state index contributed by atoms with van der Waals surface area (Å²) in [6, 6.07) is 12.9. The lowest BCUT2D eigenvalue weighted by molar-refractivity contribution is 0.102. The SMILES string of the molecule is Cc1cc(C#N)cc(Cl)c1-n1cnc(N)c(C(=O)Nc2cccc([C@H]3CCCCN3)c2)c1=O. The predicted molar refractivity (Wildman–Crippen MR) is 128 cm³/mol. The third kappa shape index (κ3) is 4.60. The number of aryl methyl sites for hydroxylation is 1. The summed E-state index contributed by atoms with van der Waals surface area (Å²) >= 11 is 6.34. The van der Waals surface area contributed by atoms with Crippen molar-refractivity contribution in [3.63, 3.8) is 0 Å². The van der Waals surface area contributed by atoms with E-state index in [9.17, 15) is 9.59 Å². The Kier molecular flexibility index (Phi) is 6.45.